The molecule has 2 heteroatoms. The molecule has 0 aromatic rings. The van der Waals surface area contributed by atoms with Crippen molar-refractivity contribution in [3.63, 3.8) is 0 Å². The summed E-state index contributed by atoms with van der Waals surface area (Å²) in [6, 6.07) is 0. The quantitative estimate of drug-likeness (QED) is 0.352. The van der Waals surface area contributed by atoms with Crippen LogP contribution in [0.5, 0.6) is 0 Å². The number of rotatable bonds is 2. The molecule has 0 fully saturated rings. The SMILES string of the molecule is C.C.CCC[I+]C.C[I+]C. The van der Waals surface area contributed by atoms with Crippen LogP contribution < -0.4 is 42.4 Å². The average molecular weight is 374 g/mol. The molecule has 0 aliphatic rings. The van der Waals surface area contributed by atoms with Crippen molar-refractivity contribution in [2.45, 2.75) is 28.2 Å². The van der Waals surface area contributed by atoms with Gasteiger partial charge in [-0.25, -0.2) is 0 Å². The Kier molecular flexibility index (Phi) is 70.7. The van der Waals surface area contributed by atoms with Crippen LogP contribution >= 0.6 is 0 Å². The number of hydrogen-bond donors (Lipinski definition) is 0. The molecule has 0 aliphatic heterocycles. The number of alkyl halides is 4. The first-order chi connectivity index (χ1) is 3.83. The molecule has 0 saturated carbocycles. The molecule has 10 heavy (non-hydrogen) atoms. The van der Waals surface area contributed by atoms with Crippen molar-refractivity contribution in [3.05, 3.63) is 0 Å². The summed E-state index contributed by atoms with van der Waals surface area (Å²) >= 11 is 1.20. The number of halogens is 2. The minimum Gasteiger partial charge on any atom is -0.0776 e. The lowest BCUT2D eigenvalue weighted by Gasteiger charge is -1.63. The zero-order valence-corrected chi connectivity index (χ0v) is 10.5. The van der Waals surface area contributed by atoms with Gasteiger partial charge in [-0.05, 0) is 6.42 Å². The Morgan fingerprint density at radius 1 is 1.00 bits per heavy atom. The van der Waals surface area contributed by atoms with E-state index in [-0.39, 0.29) is 14.9 Å². The topological polar surface area (TPSA) is 0 Å². The van der Waals surface area contributed by atoms with E-state index in [4.69, 9.17) is 0 Å². The summed E-state index contributed by atoms with van der Waals surface area (Å²) in [4.78, 5) is 6.79. The Hall–Kier alpha value is 1.46. The van der Waals surface area contributed by atoms with Crippen LogP contribution in [0.2, 0.25) is 0 Å². The third-order valence-corrected chi connectivity index (χ3v) is 2.54. The van der Waals surface area contributed by atoms with Gasteiger partial charge in [0.1, 0.15) is 19.2 Å². The van der Waals surface area contributed by atoms with Gasteiger partial charge in [0.2, 0.25) is 0 Å². The molecule has 0 amide bonds. The largest absolute Gasteiger partial charge is 0.265 e. The van der Waals surface area contributed by atoms with Crippen molar-refractivity contribution in [1.82, 2.24) is 0 Å². The van der Waals surface area contributed by atoms with Gasteiger partial charge >= 0.3 is 0 Å². The average Bonchev–Trinajstić information content (AvgIpc) is 1.71. The van der Waals surface area contributed by atoms with Crippen molar-refractivity contribution >= 4 is 0 Å². The summed E-state index contributed by atoms with van der Waals surface area (Å²) in [6.07, 6.45) is 1.39. The second-order valence-corrected chi connectivity index (χ2v) is 6.10. The Morgan fingerprint density at radius 2 is 1.30 bits per heavy atom. The highest BCUT2D eigenvalue weighted by atomic mass is 127. The van der Waals surface area contributed by atoms with Crippen molar-refractivity contribution < 1.29 is 42.4 Å². The minimum absolute atomic E-state index is 0. The highest BCUT2D eigenvalue weighted by Crippen LogP contribution is 1.54. The number of hydrogen-bond acceptors (Lipinski definition) is 0. The van der Waals surface area contributed by atoms with E-state index in [2.05, 4.69) is 21.7 Å². The van der Waals surface area contributed by atoms with E-state index in [0.29, 0.717) is 42.4 Å². The lowest BCUT2D eigenvalue weighted by Crippen LogP contribution is -3.61. The van der Waals surface area contributed by atoms with Gasteiger partial charge in [-0.15, -0.1) is 0 Å². The van der Waals surface area contributed by atoms with Crippen molar-refractivity contribution in [2.75, 3.05) is 19.2 Å². The normalized spacial score (nSPS) is 6.00. The van der Waals surface area contributed by atoms with Gasteiger partial charge in [0, 0.05) is 0 Å². The maximum absolute atomic E-state index is 2.32. The zero-order chi connectivity index (χ0) is 6.83. The van der Waals surface area contributed by atoms with Crippen LogP contribution in [0.4, 0.5) is 0 Å². The Morgan fingerprint density at radius 3 is 1.30 bits per heavy atom. The summed E-state index contributed by atoms with van der Waals surface area (Å²) < 4.78 is 1.50. The van der Waals surface area contributed by atoms with Crippen LogP contribution in [0.25, 0.3) is 0 Å². The summed E-state index contributed by atoms with van der Waals surface area (Å²) in [6.45, 7) is 2.24. The molecular weight excluding hydrogens is 350 g/mol. The van der Waals surface area contributed by atoms with E-state index in [1.165, 1.54) is 10.8 Å². The zero-order valence-electron chi connectivity index (χ0n) is 6.17. The Balaban J connectivity index is -0.0000000326. The highest BCUT2D eigenvalue weighted by molar-refractivity contribution is 4.09. The van der Waals surface area contributed by atoms with Crippen molar-refractivity contribution in [1.29, 1.82) is 0 Å². The van der Waals surface area contributed by atoms with Crippen LogP contribution in [-0.2, 0) is 0 Å². The lowest BCUT2D eigenvalue weighted by atomic mass is 10.6. The predicted molar refractivity (Wildman–Crippen MR) is 46.4 cm³/mol. The fourth-order valence-electron chi connectivity index (χ4n) is 0.189. The monoisotopic (exact) mass is 374 g/mol. The van der Waals surface area contributed by atoms with Crippen LogP contribution in [-0.4, -0.2) is 19.2 Å². The first kappa shape index (κ1) is 22.5. The third kappa shape index (κ3) is 56.6. The van der Waals surface area contributed by atoms with E-state index >= 15 is 0 Å². The van der Waals surface area contributed by atoms with Gasteiger partial charge in [0.25, 0.3) is 42.4 Å². The second kappa shape index (κ2) is 31.4. The van der Waals surface area contributed by atoms with Gasteiger partial charge < -0.3 is 0 Å². The van der Waals surface area contributed by atoms with Crippen molar-refractivity contribution in [2.24, 2.45) is 0 Å². The molecule has 0 heterocycles. The predicted octanol–water partition coefficient (Wildman–Crippen LogP) is -3.28. The first-order valence-electron chi connectivity index (χ1n) is 2.61. The maximum Gasteiger partial charge on any atom is 0.265 e. The summed E-state index contributed by atoms with van der Waals surface area (Å²) in [5, 5.41) is 0. The molecule has 0 saturated heterocycles. The van der Waals surface area contributed by atoms with Crippen LogP contribution in [0.1, 0.15) is 28.2 Å². The van der Waals surface area contributed by atoms with Gasteiger partial charge in [-0.2, -0.15) is 0 Å². The fourth-order valence-corrected chi connectivity index (χ4v) is 1.27. The van der Waals surface area contributed by atoms with Gasteiger partial charge in [0.05, 0.1) is 0 Å². The molecule has 0 nitrogen and oxygen atoms in total. The molecule has 68 valence electrons. The summed E-state index contributed by atoms with van der Waals surface area (Å²) in [5.41, 5.74) is 0. The molecule has 0 spiro atoms. The van der Waals surface area contributed by atoms with E-state index < -0.39 is 0 Å². The molecule has 0 aromatic heterocycles. The van der Waals surface area contributed by atoms with E-state index in [1.54, 1.807) is 0 Å². The molecule has 0 unspecified atom stereocenters. The molecular formula is C8H24I2+2. The second-order valence-electron chi connectivity index (χ2n) is 1.33. The molecule has 0 N–H and O–H groups in total. The van der Waals surface area contributed by atoms with Crippen LogP contribution in [0.15, 0.2) is 0 Å². The van der Waals surface area contributed by atoms with E-state index in [1.807, 2.05) is 0 Å². The van der Waals surface area contributed by atoms with Crippen LogP contribution in [0.3, 0.4) is 0 Å². The Labute approximate surface area is 89.1 Å². The van der Waals surface area contributed by atoms with Gasteiger partial charge in [-0.1, -0.05) is 21.8 Å². The van der Waals surface area contributed by atoms with E-state index in [0.717, 1.165) is 0 Å². The van der Waals surface area contributed by atoms with Crippen molar-refractivity contribution in [3.8, 4) is 0 Å². The van der Waals surface area contributed by atoms with E-state index in [9.17, 15) is 0 Å². The molecule has 0 atom stereocenters. The van der Waals surface area contributed by atoms with Crippen LogP contribution in [0, 0.1) is 0 Å². The summed E-state index contributed by atoms with van der Waals surface area (Å²) in [7, 11) is 0. The summed E-state index contributed by atoms with van der Waals surface area (Å²) in [5.74, 6) is 0. The first-order valence-corrected chi connectivity index (χ1v) is 10.6. The molecule has 0 aromatic carbocycles. The lowest BCUT2D eigenvalue weighted by molar-refractivity contribution is -0.626. The van der Waals surface area contributed by atoms with Gasteiger partial charge in [-0.3, -0.25) is 0 Å². The molecule has 0 bridgehead atoms. The maximum atomic E-state index is 2.32. The third-order valence-electron chi connectivity index (χ3n) is 0.378. The fraction of sp³-hybridized carbons (Fsp3) is 1.00. The highest BCUT2D eigenvalue weighted by Gasteiger charge is 1.86. The molecule has 0 radical (unpaired) electrons. The molecule has 0 aliphatic carbocycles. The smallest absolute Gasteiger partial charge is 0.0776 e. The standard InChI is InChI=1S/C4H10I.C2H6I.2CH4/c1-3-4-5-2;1-3-2;;/h3-4H2,1-2H3;1-2H3;2*1H4/q2*+1;;. The minimum atomic E-state index is 0. The molecule has 0 rings (SSSR count). The van der Waals surface area contributed by atoms with Gasteiger partial charge in [0.15, 0.2) is 0 Å². The Bertz CT molecular complexity index is 21.2.